The maximum atomic E-state index is 13.1. The molecule has 1 atom stereocenters. The van der Waals surface area contributed by atoms with Crippen LogP contribution in [0.5, 0.6) is 11.5 Å². The standard InChI is InChI=1S/C25H22ClNO6/c1-3-32-19-11-8-16(13-20(19)31-2)22-21(23(28)15-6-9-17(26)10-7-15)24(29)25(30)27(22)14-18-5-4-12-33-18/h4-13,22,28H,3,14H2,1-2H3. The highest BCUT2D eigenvalue weighted by atomic mass is 35.5. The fourth-order valence-electron chi connectivity index (χ4n) is 3.85. The second kappa shape index (κ2) is 9.42. The van der Waals surface area contributed by atoms with Crippen molar-refractivity contribution in [1.82, 2.24) is 4.90 Å². The zero-order valence-corrected chi connectivity index (χ0v) is 18.8. The highest BCUT2D eigenvalue weighted by Crippen LogP contribution is 2.42. The van der Waals surface area contributed by atoms with Crippen LogP contribution < -0.4 is 9.47 Å². The number of nitrogens with zero attached hydrogens (tertiary/aromatic N) is 1. The first-order chi connectivity index (χ1) is 15.9. The van der Waals surface area contributed by atoms with Crippen molar-refractivity contribution in [2.24, 2.45) is 0 Å². The number of hydrogen-bond donors (Lipinski definition) is 1. The third-order valence-electron chi connectivity index (χ3n) is 5.37. The molecule has 0 saturated carbocycles. The lowest BCUT2D eigenvalue weighted by molar-refractivity contribution is -0.140. The Labute approximate surface area is 195 Å². The lowest BCUT2D eigenvalue weighted by Gasteiger charge is -2.25. The Morgan fingerprint density at radius 2 is 1.88 bits per heavy atom. The number of methoxy groups -OCH3 is 1. The van der Waals surface area contributed by atoms with Gasteiger partial charge in [0.05, 0.1) is 38.1 Å². The number of ketones is 1. The van der Waals surface area contributed by atoms with Crippen LogP contribution in [0.4, 0.5) is 0 Å². The van der Waals surface area contributed by atoms with Crippen molar-refractivity contribution >= 4 is 29.1 Å². The van der Waals surface area contributed by atoms with Gasteiger partial charge in [0.2, 0.25) is 0 Å². The van der Waals surface area contributed by atoms with Gasteiger partial charge in [-0.25, -0.2) is 0 Å². The fourth-order valence-corrected chi connectivity index (χ4v) is 3.98. The Bertz CT molecular complexity index is 1200. The number of aliphatic hydroxyl groups is 1. The third-order valence-corrected chi connectivity index (χ3v) is 5.62. The van der Waals surface area contributed by atoms with Crippen molar-refractivity contribution < 1.29 is 28.6 Å². The summed E-state index contributed by atoms with van der Waals surface area (Å²) in [6.45, 7) is 2.36. The summed E-state index contributed by atoms with van der Waals surface area (Å²) in [5.74, 6) is -0.323. The second-order valence-corrected chi connectivity index (χ2v) is 7.79. The molecule has 1 unspecified atom stereocenters. The zero-order chi connectivity index (χ0) is 23.5. The summed E-state index contributed by atoms with van der Waals surface area (Å²) in [6, 6.07) is 14.1. The topological polar surface area (TPSA) is 89.2 Å². The summed E-state index contributed by atoms with van der Waals surface area (Å²) in [4.78, 5) is 27.5. The Balaban J connectivity index is 1.87. The molecule has 170 valence electrons. The molecular formula is C25H22ClNO6. The fraction of sp³-hybridized carbons (Fsp3) is 0.200. The van der Waals surface area contributed by atoms with Crippen molar-refractivity contribution in [2.75, 3.05) is 13.7 Å². The van der Waals surface area contributed by atoms with E-state index in [-0.39, 0.29) is 17.9 Å². The summed E-state index contributed by atoms with van der Waals surface area (Å²) in [7, 11) is 1.51. The number of ether oxygens (including phenoxy) is 2. The first-order valence-corrected chi connectivity index (χ1v) is 10.7. The van der Waals surface area contributed by atoms with Gasteiger partial charge in [0.1, 0.15) is 11.5 Å². The lowest BCUT2D eigenvalue weighted by Crippen LogP contribution is -2.29. The lowest BCUT2D eigenvalue weighted by atomic mass is 9.95. The Hall–Kier alpha value is -3.71. The van der Waals surface area contributed by atoms with E-state index in [4.69, 9.17) is 25.5 Å². The van der Waals surface area contributed by atoms with E-state index in [1.54, 1.807) is 54.6 Å². The first kappa shape index (κ1) is 22.5. The van der Waals surface area contributed by atoms with E-state index in [1.807, 2.05) is 6.92 Å². The molecule has 2 aromatic carbocycles. The normalized spacial score (nSPS) is 17.4. The van der Waals surface area contributed by atoms with E-state index in [0.29, 0.717) is 40.0 Å². The van der Waals surface area contributed by atoms with E-state index < -0.39 is 17.7 Å². The van der Waals surface area contributed by atoms with Gasteiger partial charge in [0.25, 0.3) is 11.7 Å². The number of Topliss-reactive ketones (excluding diaryl/α,β-unsaturated/α-hetero) is 1. The highest BCUT2D eigenvalue weighted by Gasteiger charge is 2.46. The van der Waals surface area contributed by atoms with Crippen LogP contribution in [0.25, 0.3) is 5.76 Å². The molecule has 1 aromatic heterocycles. The molecule has 0 spiro atoms. The molecule has 2 heterocycles. The third kappa shape index (κ3) is 4.32. The van der Waals surface area contributed by atoms with Gasteiger partial charge in [0, 0.05) is 10.6 Å². The maximum absolute atomic E-state index is 13.1. The van der Waals surface area contributed by atoms with Crippen LogP contribution in [-0.2, 0) is 16.1 Å². The van der Waals surface area contributed by atoms with Crippen molar-refractivity contribution in [1.29, 1.82) is 0 Å². The number of hydrogen-bond acceptors (Lipinski definition) is 6. The Morgan fingerprint density at radius 3 is 2.52 bits per heavy atom. The maximum Gasteiger partial charge on any atom is 0.296 e. The van der Waals surface area contributed by atoms with Crippen LogP contribution in [0.2, 0.25) is 5.02 Å². The van der Waals surface area contributed by atoms with Crippen molar-refractivity contribution in [2.45, 2.75) is 19.5 Å². The molecule has 1 N–H and O–H groups in total. The average Bonchev–Trinajstić information content (AvgIpc) is 3.42. The number of carbonyl (C=O) groups excluding carboxylic acids is 2. The predicted octanol–water partition coefficient (Wildman–Crippen LogP) is 4.96. The molecule has 1 saturated heterocycles. The average molecular weight is 468 g/mol. The van der Waals surface area contributed by atoms with Gasteiger partial charge in [-0.05, 0) is 61.0 Å². The van der Waals surface area contributed by atoms with Crippen LogP contribution in [0, 0.1) is 0 Å². The molecule has 1 aliphatic heterocycles. The quantitative estimate of drug-likeness (QED) is 0.300. The van der Waals surface area contributed by atoms with Crippen molar-refractivity contribution in [3.63, 3.8) is 0 Å². The molecule has 0 bridgehead atoms. The zero-order valence-electron chi connectivity index (χ0n) is 18.1. The van der Waals surface area contributed by atoms with Crippen LogP contribution in [-0.4, -0.2) is 35.4 Å². The molecule has 0 radical (unpaired) electrons. The number of carbonyl (C=O) groups is 2. The summed E-state index contributed by atoms with van der Waals surface area (Å²) >= 11 is 5.97. The van der Waals surface area contributed by atoms with E-state index >= 15 is 0 Å². The van der Waals surface area contributed by atoms with Gasteiger partial charge in [-0.3, -0.25) is 9.59 Å². The monoisotopic (exact) mass is 467 g/mol. The van der Waals surface area contributed by atoms with Crippen molar-refractivity contribution in [3.05, 3.63) is 88.3 Å². The Kier molecular flexibility index (Phi) is 6.42. The summed E-state index contributed by atoms with van der Waals surface area (Å²) < 4.78 is 16.5. The minimum Gasteiger partial charge on any atom is -0.507 e. The van der Waals surface area contributed by atoms with E-state index in [9.17, 15) is 14.7 Å². The van der Waals surface area contributed by atoms with E-state index in [2.05, 4.69) is 0 Å². The first-order valence-electron chi connectivity index (χ1n) is 10.3. The number of amides is 1. The van der Waals surface area contributed by atoms with Gasteiger partial charge in [-0.1, -0.05) is 17.7 Å². The van der Waals surface area contributed by atoms with Gasteiger partial charge in [-0.15, -0.1) is 0 Å². The molecule has 0 aliphatic carbocycles. The van der Waals surface area contributed by atoms with Gasteiger partial charge >= 0.3 is 0 Å². The number of furan rings is 1. The summed E-state index contributed by atoms with van der Waals surface area (Å²) in [5, 5.41) is 11.6. The molecular weight excluding hydrogens is 446 g/mol. The Morgan fingerprint density at radius 1 is 1.12 bits per heavy atom. The number of rotatable bonds is 7. The van der Waals surface area contributed by atoms with Crippen LogP contribution in [0.15, 0.2) is 70.9 Å². The summed E-state index contributed by atoms with van der Waals surface area (Å²) in [6.07, 6.45) is 1.49. The predicted molar refractivity (Wildman–Crippen MR) is 122 cm³/mol. The molecule has 1 aliphatic rings. The molecule has 7 nitrogen and oxygen atoms in total. The van der Waals surface area contributed by atoms with Gasteiger partial charge < -0.3 is 23.9 Å². The van der Waals surface area contributed by atoms with Crippen LogP contribution in [0.1, 0.15) is 29.9 Å². The minimum atomic E-state index is -0.865. The highest BCUT2D eigenvalue weighted by molar-refractivity contribution is 6.46. The van der Waals surface area contributed by atoms with Crippen molar-refractivity contribution in [3.8, 4) is 11.5 Å². The summed E-state index contributed by atoms with van der Waals surface area (Å²) in [5.41, 5.74) is 0.926. The number of benzene rings is 2. The van der Waals surface area contributed by atoms with Gasteiger partial charge in [0.15, 0.2) is 11.5 Å². The van der Waals surface area contributed by atoms with Crippen LogP contribution >= 0.6 is 11.6 Å². The molecule has 1 fully saturated rings. The smallest absolute Gasteiger partial charge is 0.296 e. The molecule has 8 heteroatoms. The molecule has 4 rings (SSSR count). The van der Waals surface area contributed by atoms with E-state index in [0.717, 1.165) is 0 Å². The van der Waals surface area contributed by atoms with Crippen LogP contribution in [0.3, 0.4) is 0 Å². The number of likely N-dealkylation sites (tertiary alicyclic amines) is 1. The van der Waals surface area contributed by atoms with Gasteiger partial charge in [-0.2, -0.15) is 0 Å². The SMILES string of the molecule is CCOc1ccc(C2C(=C(O)c3ccc(Cl)cc3)C(=O)C(=O)N2Cc2ccco2)cc1OC. The molecule has 3 aromatic rings. The largest absolute Gasteiger partial charge is 0.507 e. The second-order valence-electron chi connectivity index (χ2n) is 7.36. The number of halogens is 1. The minimum absolute atomic E-state index is 0.0277. The molecule has 33 heavy (non-hydrogen) atoms. The van der Waals surface area contributed by atoms with E-state index in [1.165, 1.54) is 18.3 Å². The number of aliphatic hydroxyl groups excluding tert-OH is 1. The molecule has 1 amide bonds.